The van der Waals surface area contributed by atoms with Crippen molar-refractivity contribution < 1.29 is 28.7 Å². The van der Waals surface area contributed by atoms with Crippen LogP contribution in [-0.4, -0.2) is 53.0 Å². The third-order valence-electron chi connectivity index (χ3n) is 7.64. The number of rotatable bonds is 8. The summed E-state index contributed by atoms with van der Waals surface area (Å²) in [6.07, 6.45) is 3.54. The molecular formula is C29H27Cl2N3O6S. The van der Waals surface area contributed by atoms with Gasteiger partial charge in [0.25, 0.3) is 0 Å². The number of aromatic nitrogens is 2. The average Bonchev–Trinajstić information content (AvgIpc) is 3.56. The zero-order valence-electron chi connectivity index (χ0n) is 22.4. The summed E-state index contributed by atoms with van der Waals surface area (Å²) >= 11 is 14.3. The van der Waals surface area contributed by atoms with Crippen molar-refractivity contribution in [1.29, 1.82) is 0 Å². The van der Waals surface area contributed by atoms with E-state index >= 15 is 0 Å². The summed E-state index contributed by atoms with van der Waals surface area (Å²) in [5.41, 5.74) is 1.84. The van der Waals surface area contributed by atoms with Crippen LogP contribution < -0.4 is 9.64 Å². The van der Waals surface area contributed by atoms with Gasteiger partial charge in [-0.15, -0.1) is 0 Å². The number of fused-ring (bicyclic) bond motifs is 1. The van der Waals surface area contributed by atoms with E-state index in [9.17, 15) is 14.7 Å². The van der Waals surface area contributed by atoms with Gasteiger partial charge >= 0.3 is 11.9 Å². The minimum Gasteiger partial charge on any atom is -0.494 e. The van der Waals surface area contributed by atoms with Crippen molar-refractivity contribution in [1.82, 2.24) is 10.1 Å². The first-order valence-corrected chi connectivity index (χ1v) is 15.0. The van der Waals surface area contributed by atoms with Gasteiger partial charge in [-0.1, -0.05) is 52.7 Å². The number of carboxylic acid groups (broad SMARTS) is 1. The Morgan fingerprint density at radius 3 is 2.61 bits per heavy atom. The zero-order valence-corrected chi connectivity index (χ0v) is 24.7. The van der Waals surface area contributed by atoms with Gasteiger partial charge in [0, 0.05) is 36.9 Å². The lowest BCUT2D eigenvalue weighted by atomic mass is 9.97. The van der Waals surface area contributed by atoms with Crippen molar-refractivity contribution >= 4 is 61.8 Å². The fraction of sp³-hybridized carbons (Fsp3) is 0.379. The average molecular weight is 617 g/mol. The molecule has 2 fully saturated rings. The summed E-state index contributed by atoms with van der Waals surface area (Å²) in [6.45, 7) is 2.70. The molecule has 0 spiro atoms. The molecule has 12 heteroatoms. The first-order valence-electron chi connectivity index (χ1n) is 13.4. The second kappa shape index (κ2) is 11.2. The fourth-order valence-electron chi connectivity index (χ4n) is 5.38. The van der Waals surface area contributed by atoms with Crippen LogP contribution in [0, 0.1) is 0 Å². The van der Waals surface area contributed by atoms with Gasteiger partial charge in [-0.2, -0.15) is 0 Å². The van der Waals surface area contributed by atoms with Crippen molar-refractivity contribution in [3.05, 3.63) is 57.3 Å². The van der Waals surface area contributed by atoms with Crippen LogP contribution in [0.3, 0.4) is 0 Å². The molecule has 1 saturated carbocycles. The highest BCUT2D eigenvalue weighted by molar-refractivity contribution is 7.22. The molecule has 214 valence electrons. The summed E-state index contributed by atoms with van der Waals surface area (Å²) in [4.78, 5) is 32.3. The molecule has 3 heterocycles. The molecule has 1 aliphatic heterocycles. The van der Waals surface area contributed by atoms with Crippen molar-refractivity contribution in [3.63, 3.8) is 0 Å². The van der Waals surface area contributed by atoms with Crippen molar-refractivity contribution in [2.45, 2.75) is 57.1 Å². The Bertz CT molecular complexity index is 1630. The molecular weight excluding hydrogens is 589 g/mol. The number of esters is 1. The first kappa shape index (κ1) is 27.8. The lowest BCUT2D eigenvalue weighted by Gasteiger charge is -2.38. The van der Waals surface area contributed by atoms with Gasteiger partial charge in [-0.05, 0) is 43.5 Å². The molecule has 6 rings (SSSR count). The minimum absolute atomic E-state index is 0.0647. The SMILES string of the molecule is CC[C@@H]1C[C@H](OC(=O)c2c(-c3c(Cl)cccc3Cl)noc2C2CC2)CCN1c1nc2c(OC)cc(C(=O)O)cc2s1. The van der Waals surface area contributed by atoms with E-state index in [0.717, 1.165) is 29.1 Å². The van der Waals surface area contributed by atoms with Gasteiger partial charge < -0.3 is 24.0 Å². The van der Waals surface area contributed by atoms with Crippen molar-refractivity contribution in [2.24, 2.45) is 0 Å². The largest absolute Gasteiger partial charge is 0.494 e. The van der Waals surface area contributed by atoms with E-state index in [1.807, 2.05) is 0 Å². The van der Waals surface area contributed by atoms with Crippen LogP contribution in [-0.2, 0) is 4.74 Å². The van der Waals surface area contributed by atoms with Crippen molar-refractivity contribution in [3.8, 4) is 17.0 Å². The fourth-order valence-corrected chi connectivity index (χ4v) is 7.07. The molecule has 2 aliphatic rings. The quantitative estimate of drug-likeness (QED) is 0.202. The molecule has 41 heavy (non-hydrogen) atoms. The zero-order chi connectivity index (χ0) is 28.8. The number of carboxylic acids is 1. The van der Waals surface area contributed by atoms with E-state index in [4.69, 9.17) is 42.2 Å². The first-order chi connectivity index (χ1) is 19.8. The highest BCUT2D eigenvalue weighted by Crippen LogP contribution is 2.46. The molecule has 1 N–H and O–H groups in total. The van der Waals surface area contributed by atoms with E-state index in [2.05, 4.69) is 17.0 Å². The molecule has 9 nitrogen and oxygen atoms in total. The molecule has 1 aliphatic carbocycles. The third-order valence-corrected chi connectivity index (χ3v) is 9.31. The van der Waals surface area contributed by atoms with E-state index in [1.54, 1.807) is 24.3 Å². The summed E-state index contributed by atoms with van der Waals surface area (Å²) < 4.78 is 17.9. The van der Waals surface area contributed by atoms with Gasteiger partial charge in [-0.25, -0.2) is 14.6 Å². The van der Waals surface area contributed by atoms with Crippen LogP contribution in [0.2, 0.25) is 10.0 Å². The molecule has 2 atom stereocenters. The number of thiazole rings is 1. The number of piperidine rings is 1. The van der Waals surface area contributed by atoms with Gasteiger partial charge in [0.15, 0.2) is 10.9 Å². The van der Waals surface area contributed by atoms with Crippen molar-refractivity contribution in [2.75, 3.05) is 18.6 Å². The molecule has 0 unspecified atom stereocenters. The number of halogens is 2. The van der Waals surface area contributed by atoms with E-state index in [0.29, 0.717) is 63.3 Å². The predicted octanol–water partition coefficient (Wildman–Crippen LogP) is 7.45. The van der Waals surface area contributed by atoms with Gasteiger partial charge in [-0.3, -0.25) is 0 Å². The highest BCUT2D eigenvalue weighted by Gasteiger charge is 2.39. The normalized spacial score (nSPS) is 19.0. The Balaban J connectivity index is 1.24. The van der Waals surface area contributed by atoms with Crippen LogP contribution in [0.1, 0.15) is 71.4 Å². The lowest BCUT2D eigenvalue weighted by molar-refractivity contribution is 0.0206. The van der Waals surface area contributed by atoms with E-state index in [-0.39, 0.29) is 23.6 Å². The third kappa shape index (κ3) is 5.24. The number of nitrogens with zero attached hydrogens (tertiary/aromatic N) is 3. The Hall–Kier alpha value is -3.34. The number of carbonyl (C=O) groups excluding carboxylic acids is 1. The number of aromatic carboxylic acids is 1. The van der Waals surface area contributed by atoms with Crippen LogP contribution in [0.4, 0.5) is 5.13 Å². The number of ether oxygens (including phenoxy) is 2. The number of anilines is 1. The summed E-state index contributed by atoms with van der Waals surface area (Å²) in [7, 11) is 1.50. The summed E-state index contributed by atoms with van der Waals surface area (Å²) in [6, 6.07) is 8.31. The standard InChI is InChI=1S/C29H27Cl2N3O6S/c1-3-16-13-17(9-10-34(16)29-32-24-20(38-2)11-15(27(35)36)12-21(24)41-29)39-28(37)23-25(33-40-26(23)14-7-8-14)22-18(30)5-4-6-19(22)31/h4-6,11-12,14,16-17H,3,7-10,13H2,1-2H3,(H,35,36)/t16-,17-/m1/s1. The lowest BCUT2D eigenvalue weighted by Crippen LogP contribution is -2.45. The maximum Gasteiger partial charge on any atom is 0.344 e. The monoisotopic (exact) mass is 615 g/mol. The van der Waals surface area contributed by atoms with E-state index < -0.39 is 11.9 Å². The Morgan fingerprint density at radius 2 is 1.95 bits per heavy atom. The van der Waals surface area contributed by atoms with Crippen LogP contribution >= 0.6 is 34.5 Å². The second-order valence-electron chi connectivity index (χ2n) is 10.3. The number of hydrogen-bond donors (Lipinski definition) is 1. The molecule has 0 bridgehead atoms. The Morgan fingerprint density at radius 1 is 1.20 bits per heavy atom. The number of methoxy groups -OCH3 is 1. The topological polar surface area (TPSA) is 115 Å². The molecule has 1 saturated heterocycles. The minimum atomic E-state index is -1.02. The molecule has 2 aromatic heterocycles. The van der Waals surface area contributed by atoms with Gasteiger partial charge in [0.1, 0.15) is 28.6 Å². The van der Waals surface area contributed by atoms with Gasteiger partial charge in [0.2, 0.25) is 0 Å². The number of benzene rings is 2. The van der Waals surface area contributed by atoms with Crippen LogP contribution in [0.25, 0.3) is 21.5 Å². The Kier molecular flexibility index (Phi) is 7.56. The number of hydrogen-bond acceptors (Lipinski definition) is 9. The van der Waals surface area contributed by atoms with E-state index in [1.165, 1.54) is 24.5 Å². The van der Waals surface area contributed by atoms with Gasteiger partial charge in [0.05, 0.1) is 27.4 Å². The molecule has 2 aromatic carbocycles. The smallest absolute Gasteiger partial charge is 0.344 e. The molecule has 0 amide bonds. The maximum atomic E-state index is 13.7. The Labute approximate surface area is 249 Å². The summed E-state index contributed by atoms with van der Waals surface area (Å²) in [5, 5.41) is 15.2. The summed E-state index contributed by atoms with van der Waals surface area (Å²) in [5.74, 6) is -0.434. The van der Waals surface area contributed by atoms with Crippen LogP contribution in [0.5, 0.6) is 5.75 Å². The predicted molar refractivity (Wildman–Crippen MR) is 157 cm³/mol. The molecule has 0 radical (unpaired) electrons. The van der Waals surface area contributed by atoms with Crippen LogP contribution in [0.15, 0.2) is 34.9 Å². The maximum absolute atomic E-state index is 13.7. The molecule has 4 aromatic rings. The number of carbonyl (C=O) groups is 2. The second-order valence-corrected chi connectivity index (χ2v) is 12.1. The highest BCUT2D eigenvalue weighted by atomic mass is 35.5.